The van der Waals surface area contributed by atoms with Crippen molar-refractivity contribution in [2.24, 2.45) is 17.8 Å². The van der Waals surface area contributed by atoms with Crippen LogP contribution in [0, 0.1) is 17.8 Å². The van der Waals surface area contributed by atoms with Gasteiger partial charge in [-0.15, -0.1) is 0 Å². The third-order valence-corrected chi connectivity index (χ3v) is 9.76. The highest BCUT2D eigenvalue weighted by Gasteiger charge is 2.56. The van der Waals surface area contributed by atoms with Crippen LogP contribution in [-0.2, 0) is 16.0 Å². The Labute approximate surface area is 234 Å². The van der Waals surface area contributed by atoms with Crippen LogP contribution in [-0.4, -0.2) is 51.2 Å². The number of H-pyrrole nitrogens is 1. The first-order valence-electron chi connectivity index (χ1n) is 14.5. The number of imidazole rings is 1. The van der Waals surface area contributed by atoms with Gasteiger partial charge in [-0.25, -0.2) is 9.78 Å². The molecule has 208 valence electrons. The van der Waals surface area contributed by atoms with E-state index in [4.69, 9.17) is 9.72 Å². The van der Waals surface area contributed by atoms with E-state index in [1.807, 2.05) is 31.0 Å². The van der Waals surface area contributed by atoms with Gasteiger partial charge in [0, 0.05) is 6.04 Å². The van der Waals surface area contributed by atoms with Crippen LogP contribution >= 0.6 is 0 Å². The lowest BCUT2D eigenvalue weighted by molar-refractivity contribution is -0.136. The number of carbonyl (C=O) groups is 2. The van der Waals surface area contributed by atoms with Gasteiger partial charge in [0.15, 0.2) is 0 Å². The predicted octanol–water partition coefficient (Wildman–Crippen LogP) is 5.54. The second-order valence-electron chi connectivity index (χ2n) is 12.3. The predicted molar refractivity (Wildman–Crippen MR) is 151 cm³/mol. The number of aromatic hydroxyl groups is 1. The summed E-state index contributed by atoms with van der Waals surface area (Å²) in [6, 6.07) is 11.9. The smallest absolute Gasteiger partial charge is 0.407 e. The number of likely N-dealkylation sites (tertiary alicyclic amines) is 1. The Morgan fingerprint density at radius 1 is 1.07 bits per heavy atom. The molecule has 8 nitrogen and oxygen atoms in total. The molecule has 3 aliphatic carbocycles. The van der Waals surface area contributed by atoms with Crippen LogP contribution in [0.2, 0.25) is 0 Å². The third-order valence-electron chi connectivity index (χ3n) is 9.76. The molecular formula is C32H36N4O4. The summed E-state index contributed by atoms with van der Waals surface area (Å²) in [5.41, 5.74) is 6.83. The van der Waals surface area contributed by atoms with E-state index in [9.17, 15) is 14.7 Å². The molecule has 1 aliphatic heterocycles. The standard InChI is InChI=1S/C32H36N4O4/c1-16(2)29(35-32(39)40-3)31(38)36-25-13-20(25)14-26(36)30-33-15-24(34-30)18-6-4-17(5-7-18)21-10-11-27(37)23-12-19-8-9-22(19)28(21)23/h4-7,10-11,15-16,19-20,22,25-26,29,37H,8-9,12-14H2,1-3H3,(H,33,34)(H,35,39)/t19?,20?,22?,25?,26-,29-/m0/s1. The fourth-order valence-electron chi connectivity index (χ4n) is 7.36. The fraction of sp³-hybridized carbons (Fsp3) is 0.469. The van der Waals surface area contributed by atoms with Crippen molar-refractivity contribution in [3.63, 3.8) is 0 Å². The number of aromatic amines is 1. The first kappa shape index (κ1) is 25.2. The van der Waals surface area contributed by atoms with E-state index < -0.39 is 12.1 Å². The third kappa shape index (κ3) is 3.99. The van der Waals surface area contributed by atoms with Crippen LogP contribution in [0.15, 0.2) is 42.6 Å². The van der Waals surface area contributed by atoms with Crippen molar-refractivity contribution in [3.05, 3.63) is 59.5 Å². The highest BCUT2D eigenvalue weighted by atomic mass is 16.5. The quantitative estimate of drug-likeness (QED) is 0.380. The van der Waals surface area contributed by atoms with Gasteiger partial charge in [-0.2, -0.15) is 0 Å². The Kier molecular flexibility index (Phi) is 5.91. The minimum absolute atomic E-state index is 0.0688. The van der Waals surface area contributed by atoms with Gasteiger partial charge in [0.1, 0.15) is 17.6 Å². The number of nitrogens with zero attached hydrogens (tertiary/aromatic N) is 2. The molecule has 3 aromatic rings. The topological polar surface area (TPSA) is 108 Å². The number of carbonyl (C=O) groups excluding carboxylic acids is 2. The first-order chi connectivity index (χ1) is 19.3. The van der Waals surface area contributed by atoms with Gasteiger partial charge in [-0.05, 0) is 89.7 Å². The number of methoxy groups -OCH3 is 1. The first-order valence-corrected chi connectivity index (χ1v) is 14.5. The molecule has 1 saturated heterocycles. The van der Waals surface area contributed by atoms with Crippen LogP contribution in [0.4, 0.5) is 4.79 Å². The number of hydrogen-bond acceptors (Lipinski definition) is 5. The molecule has 0 radical (unpaired) electrons. The van der Waals surface area contributed by atoms with E-state index in [0.29, 0.717) is 23.5 Å². The SMILES string of the molecule is COC(=O)N[C@H](C(=O)N1C2CC2C[C@H]1c1ncc(-c2ccc(-c3ccc(O)c4c3C3CCC3C4)cc2)[nH]1)C(C)C. The maximum absolute atomic E-state index is 13.7. The van der Waals surface area contributed by atoms with Gasteiger partial charge in [0.25, 0.3) is 0 Å². The summed E-state index contributed by atoms with van der Waals surface area (Å²) in [5.74, 6) is 2.82. The van der Waals surface area contributed by atoms with Crippen molar-refractivity contribution in [1.82, 2.24) is 20.2 Å². The number of rotatable bonds is 6. The van der Waals surface area contributed by atoms with E-state index in [2.05, 4.69) is 40.6 Å². The number of phenolic OH excluding ortho intramolecular Hbond substituents is 1. The molecule has 6 atom stereocenters. The largest absolute Gasteiger partial charge is 0.508 e. The zero-order valence-electron chi connectivity index (χ0n) is 23.2. The van der Waals surface area contributed by atoms with Crippen LogP contribution in [0.5, 0.6) is 5.75 Å². The number of nitrogens with one attached hydrogen (secondary N) is 2. The lowest BCUT2D eigenvalue weighted by atomic mass is 9.73. The number of alkyl carbamates (subject to hydrolysis) is 1. The second kappa shape index (κ2) is 9.39. The number of benzene rings is 2. The molecule has 4 unspecified atom stereocenters. The summed E-state index contributed by atoms with van der Waals surface area (Å²) >= 11 is 0. The van der Waals surface area contributed by atoms with Gasteiger partial charge < -0.3 is 25.0 Å². The summed E-state index contributed by atoms with van der Waals surface area (Å²) in [6.07, 6.45) is 6.59. The fourth-order valence-corrected chi connectivity index (χ4v) is 7.36. The maximum atomic E-state index is 13.7. The number of aromatic nitrogens is 2. The molecule has 0 bridgehead atoms. The summed E-state index contributed by atoms with van der Waals surface area (Å²) in [7, 11) is 1.31. The highest BCUT2D eigenvalue weighted by molar-refractivity contribution is 5.87. The molecule has 7 rings (SSSR count). The molecule has 2 saturated carbocycles. The number of fused-ring (bicyclic) bond motifs is 4. The van der Waals surface area contributed by atoms with Crippen LogP contribution in [0.1, 0.15) is 68.4 Å². The van der Waals surface area contributed by atoms with Gasteiger partial charge in [-0.3, -0.25) is 4.79 Å². The van der Waals surface area contributed by atoms with Gasteiger partial charge in [0.05, 0.1) is 25.0 Å². The number of hydrogen-bond donors (Lipinski definition) is 3. The van der Waals surface area contributed by atoms with Crippen molar-refractivity contribution in [2.45, 2.75) is 70.0 Å². The monoisotopic (exact) mass is 540 g/mol. The highest BCUT2D eigenvalue weighted by Crippen LogP contribution is 2.56. The van der Waals surface area contributed by atoms with Gasteiger partial charge in [-0.1, -0.05) is 44.2 Å². The average molecular weight is 541 g/mol. The number of piperidine rings is 1. The van der Waals surface area contributed by atoms with Crippen molar-refractivity contribution >= 4 is 12.0 Å². The summed E-state index contributed by atoms with van der Waals surface area (Å²) in [4.78, 5) is 35.7. The Bertz CT molecular complexity index is 1480. The van der Waals surface area contributed by atoms with Crippen LogP contribution in [0.3, 0.4) is 0 Å². The zero-order valence-corrected chi connectivity index (χ0v) is 23.2. The molecule has 3 fully saturated rings. The summed E-state index contributed by atoms with van der Waals surface area (Å²) in [6.45, 7) is 3.86. The van der Waals surface area contributed by atoms with Crippen molar-refractivity contribution in [2.75, 3.05) is 7.11 Å². The number of ether oxygens (including phenoxy) is 1. The molecule has 1 aromatic heterocycles. The maximum Gasteiger partial charge on any atom is 0.407 e. The lowest BCUT2D eigenvalue weighted by Crippen LogP contribution is -2.52. The Hall–Kier alpha value is -3.81. The molecule has 2 aromatic carbocycles. The molecule has 0 spiro atoms. The molecule has 8 heteroatoms. The van der Waals surface area contributed by atoms with Crippen molar-refractivity contribution < 1.29 is 19.4 Å². The Balaban J connectivity index is 1.12. The summed E-state index contributed by atoms with van der Waals surface area (Å²) in [5, 5.41) is 13.2. The van der Waals surface area contributed by atoms with E-state index >= 15 is 0 Å². The molecule has 2 heterocycles. The zero-order chi connectivity index (χ0) is 27.7. The second-order valence-corrected chi connectivity index (χ2v) is 12.3. The van der Waals surface area contributed by atoms with Gasteiger partial charge >= 0.3 is 6.09 Å². The molecular weight excluding hydrogens is 504 g/mol. The van der Waals surface area contributed by atoms with Crippen LogP contribution in [0.25, 0.3) is 22.4 Å². The summed E-state index contributed by atoms with van der Waals surface area (Å²) < 4.78 is 4.77. The van der Waals surface area contributed by atoms with Crippen molar-refractivity contribution in [1.29, 1.82) is 0 Å². The van der Waals surface area contributed by atoms with E-state index in [0.717, 1.165) is 47.5 Å². The van der Waals surface area contributed by atoms with E-state index in [-0.39, 0.29) is 23.9 Å². The van der Waals surface area contributed by atoms with E-state index in [1.54, 1.807) is 0 Å². The van der Waals surface area contributed by atoms with Crippen molar-refractivity contribution in [3.8, 4) is 28.1 Å². The minimum atomic E-state index is -0.646. The molecule has 3 N–H and O–H groups in total. The van der Waals surface area contributed by atoms with E-state index in [1.165, 1.54) is 31.1 Å². The Morgan fingerprint density at radius 3 is 2.55 bits per heavy atom. The number of phenols is 1. The molecule has 4 aliphatic rings. The lowest BCUT2D eigenvalue weighted by Gasteiger charge is -2.31. The Morgan fingerprint density at radius 2 is 1.85 bits per heavy atom. The molecule has 40 heavy (non-hydrogen) atoms. The number of amides is 2. The van der Waals surface area contributed by atoms with Gasteiger partial charge in [0.2, 0.25) is 5.91 Å². The average Bonchev–Trinajstić information content (AvgIpc) is 3.24. The molecule has 2 amide bonds. The minimum Gasteiger partial charge on any atom is -0.508 e. The van der Waals surface area contributed by atoms with Crippen LogP contribution < -0.4 is 5.32 Å². The normalized spacial score (nSPS) is 26.5.